The van der Waals surface area contributed by atoms with E-state index >= 15 is 0 Å². The van der Waals surface area contributed by atoms with Gasteiger partial charge < -0.3 is 15.2 Å². The van der Waals surface area contributed by atoms with Gasteiger partial charge in [-0.3, -0.25) is 14.5 Å². The molecule has 5 rings (SSSR count). The fourth-order valence-corrected chi connectivity index (χ4v) is 6.64. The molecule has 1 aromatic carbocycles. The molecule has 2 aliphatic rings. The monoisotopic (exact) mass is 544 g/mol. The molecule has 0 radical (unpaired) electrons. The van der Waals surface area contributed by atoms with Crippen LogP contribution in [0, 0.1) is 18.8 Å². The minimum Gasteiger partial charge on any atom is -0.496 e. The summed E-state index contributed by atoms with van der Waals surface area (Å²) in [5, 5.41) is 19.3. The molecule has 4 atom stereocenters. The molecular formula is C33H44N4O3. The van der Waals surface area contributed by atoms with Gasteiger partial charge in [0.1, 0.15) is 5.75 Å². The lowest BCUT2D eigenvalue weighted by Crippen LogP contribution is -2.41. The first-order chi connectivity index (χ1) is 19.3. The molecule has 3 aromatic rings. The number of aromatic nitrogens is 3. The van der Waals surface area contributed by atoms with Gasteiger partial charge in [0.25, 0.3) is 0 Å². The number of carbonyl (C=O) groups excluding carboxylic acids is 1. The molecule has 2 N–H and O–H groups in total. The number of ether oxygens (including phenoxy) is 1. The van der Waals surface area contributed by atoms with Gasteiger partial charge >= 0.3 is 0 Å². The first-order valence-electron chi connectivity index (χ1n) is 15.0. The predicted octanol–water partition coefficient (Wildman–Crippen LogP) is 6.53. The third kappa shape index (κ3) is 6.25. The number of hydrogen-bond acceptors (Lipinski definition) is 5. The number of amides is 1. The van der Waals surface area contributed by atoms with E-state index in [1.165, 1.54) is 6.42 Å². The summed E-state index contributed by atoms with van der Waals surface area (Å²) in [5.74, 6) is 1.22. The summed E-state index contributed by atoms with van der Waals surface area (Å²) in [6, 6.07) is 10.3. The maximum absolute atomic E-state index is 13.5. The Balaban J connectivity index is 1.40. The molecule has 214 valence electrons. The lowest BCUT2D eigenvalue weighted by atomic mass is 9.73. The topological polar surface area (TPSA) is 89.3 Å². The van der Waals surface area contributed by atoms with Gasteiger partial charge in [-0.05, 0) is 93.7 Å². The number of aliphatic hydroxyl groups excluding tert-OH is 1. The van der Waals surface area contributed by atoms with Gasteiger partial charge in [-0.25, -0.2) is 0 Å². The Kier molecular flexibility index (Phi) is 8.89. The van der Waals surface area contributed by atoms with Crippen LogP contribution >= 0.6 is 0 Å². The van der Waals surface area contributed by atoms with Crippen LogP contribution in [0.2, 0.25) is 0 Å². The largest absolute Gasteiger partial charge is 0.496 e. The number of hydrogen-bond donors (Lipinski definition) is 2. The highest BCUT2D eigenvalue weighted by atomic mass is 16.5. The van der Waals surface area contributed by atoms with Gasteiger partial charge in [-0.2, -0.15) is 5.10 Å². The summed E-state index contributed by atoms with van der Waals surface area (Å²) in [6.07, 6.45) is 13.0. The molecule has 7 heteroatoms. The zero-order valence-electron chi connectivity index (χ0n) is 24.3. The third-order valence-corrected chi connectivity index (χ3v) is 9.01. The molecule has 7 nitrogen and oxygen atoms in total. The summed E-state index contributed by atoms with van der Waals surface area (Å²) in [7, 11) is 1.68. The van der Waals surface area contributed by atoms with E-state index in [0.29, 0.717) is 6.42 Å². The van der Waals surface area contributed by atoms with Crippen LogP contribution in [0.3, 0.4) is 0 Å². The molecule has 4 unspecified atom stereocenters. The van der Waals surface area contributed by atoms with E-state index in [0.717, 1.165) is 72.2 Å². The maximum Gasteiger partial charge on any atom is 0.223 e. The van der Waals surface area contributed by atoms with Crippen molar-refractivity contribution in [2.45, 2.75) is 96.2 Å². The lowest BCUT2D eigenvalue weighted by Gasteiger charge is -2.38. The van der Waals surface area contributed by atoms with Crippen molar-refractivity contribution in [1.29, 1.82) is 0 Å². The molecule has 2 fully saturated rings. The highest BCUT2D eigenvalue weighted by Crippen LogP contribution is 2.42. The summed E-state index contributed by atoms with van der Waals surface area (Å²) >= 11 is 0. The minimum absolute atomic E-state index is 0.0623. The molecule has 1 amide bonds. The van der Waals surface area contributed by atoms with Gasteiger partial charge in [-0.1, -0.05) is 31.4 Å². The maximum atomic E-state index is 13.5. The van der Waals surface area contributed by atoms with E-state index in [2.05, 4.69) is 48.7 Å². The van der Waals surface area contributed by atoms with E-state index in [9.17, 15) is 9.90 Å². The smallest absolute Gasteiger partial charge is 0.223 e. The van der Waals surface area contributed by atoms with Gasteiger partial charge in [0.2, 0.25) is 5.91 Å². The lowest BCUT2D eigenvalue weighted by molar-refractivity contribution is -0.127. The van der Waals surface area contributed by atoms with Gasteiger partial charge in [0, 0.05) is 35.8 Å². The van der Waals surface area contributed by atoms with Crippen LogP contribution in [0.5, 0.6) is 5.75 Å². The Labute approximate surface area is 238 Å². The average molecular weight is 545 g/mol. The molecule has 40 heavy (non-hydrogen) atoms. The van der Waals surface area contributed by atoms with Crippen molar-refractivity contribution in [1.82, 2.24) is 20.1 Å². The molecule has 2 saturated carbocycles. The number of aliphatic hydroxyl groups is 1. The van der Waals surface area contributed by atoms with Gasteiger partial charge in [0.15, 0.2) is 0 Å². The Hall–Kier alpha value is -3.19. The van der Waals surface area contributed by atoms with E-state index in [1.54, 1.807) is 7.11 Å². The quantitative estimate of drug-likeness (QED) is 0.337. The summed E-state index contributed by atoms with van der Waals surface area (Å²) in [6.45, 7) is 6.27. The Bertz CT molecular complexity index is 1300. The predicted molar refractivity (Wildman–Crippen MR) is 157 cm³/mol. The zero-order chi connectivity index (χ0) is 28.2. The SMILES string of the molecule is COc1ccc(C2CCC(C(NC(=O)C3CCCCC3)c3cc(-c4cnn(C(C)C)c4)ccn3)CC2O)cc1C. The highest BCUT2D eigenvalue weighted by molar-refractivity contribution is 5.79. The van der Waals surface area contributed by atoms with Crippen molar-refractivity contribution < 1.29 is 14.6 Å². The molecule has 2 aliphatic carbocycles. The van der Waals surface area contributed by atoms with Crippen LogP contribution < -0.4 is 10.1 Å². The van der Waals surface area contributed by atoms with Crippen LogP contribution in [-0.4, -0.2) is 39.0 Å². The second kappa shape index (κ2) is 12.5. The number of carbonyl (C=O) groups is 1. The van der Waals surface area contributed by atoms with Gasteiger partial charge in [0.05, 0.1) is 31.1 Å². The number of aryl methyl sites for hydroxylation is 1. The van der Waals surface area contributed by atoms with Crippen molar-refractivity contribution in [3.8, 4) is 16.9 Å². The fourth-order valence-electron chi connectivity index (χ4n) is 6.64. The molecular weight excluding hydrogens is 500 g/mol. The second-order valence-corrected chi connectivity index (χ2v) is 12.1. The molecule has 2 aromatic heterocycles. The Morgan fingerprint density at radius 2 is 1.88 bits per heavy atom. The summed E-state index contributed by atoms with van der Waals surface area (Å²) < 4.78 is 7.39. The first-order valence-corrected chi connectivity index (χ1v) is 15.0. The molecule has 0 bridgehead atoms. The van der Waals surface area contributed by atoms with Crippen LogP contribution in [-0.2, 0) is 4.79 Å². The fraction of sp³-hybridized carbons (Fsp3) is 0.545. The number of nitrogens with zero attached hydrogens (tertiary/aromatic N) is 3. The standard InChI is InChI=1S/C33H44N4O3/c1-21(2)37-20-27(19-35-37)24-14-15-34-29(17-24)32(36-33(39)23-8-6-5-7-9-23)26-10-12-28(30(38)18-26)25-11-13-31(40-4)22(3)16-25/h11,13-17,19-21,23,26,28,30,32,38H,5-10,12,18H2,1-4H3,(H,36,39). The first kappa shape index (κ1) is 28.3. The Morgan fingerprint density at radius 3 is 2.55 bits per heavy atom. The van der Waals surface area contributed by atoms with Gasteiger partial charge in [-0.15, -0.1) is 0 Å². The second-order valence-electron chi connectivity index (χ2n) is 12.1. The number of methoxy groups -OCH3 is 1. The third-order valence-electron chi connectivity index (χ3n) is 9.01. The van der Waals surface area contributed by atoms with Crippen molar-refractivity contribution in [2.75, 3.05) is 7.11 Å². The molecule has 0 saturated heterocycles. The van der Waals surface area contributed by atoms with E-state index in [-0.39, 0.29) is 35.7 Å². The summed E-state index contributed by atoms with van der Waals surface area (Å²) in [5.41, 5.74) is 5.16. The summed E-state index contributed by atoms with van der Waals surface area (Å²) in [4.78, 5) is 18.3. The normalized spacial score (nSPS) is 22.7. The van der Waals surface area contributed by atoms with Crippen molar-refractivity contribution in [3.05, 3.63) is 65.7 Å². The molecule has 2 heterocycles. The van der Waals surface area contributed by atoms with Crippen molar-refractivity contribution in [2.24, 2.45) is 11.8 Å². The number of benzene rings is 1. The van der Waals surface area contributed by atoms with Crippen LogP contribution in [0.1, 0.15) is 100 Å². The number of nitrogens with one attached hydrogen (secondary N) is 1. The number of pyridine rings is 1. The Morgan fingerprint density at radius 1 is 1.07 bits per heavy atom. The van der Waals surface area contributed by atoms with E-state index in [4.69, 9.17) is 9.72 Å². The van der Waals surface area contributed by atoms with E-state index < -0.39 is 6.10 Å². The minimum atomic E-state index is -0.493. The van der Waals surface area contributed by atoms with Crippen molar-refractivity contribution >= 4 is 5.91 Å². The molecule has 0 spiro atoms. The van der Waals surface area contributed by atoms with Crippen LogP contribution in [0.25, 0.3) is 11.1 Å². The van der Waals surface area contributed by atoms with Crippen molar-refractivity contribution in [3.63, 3.8) is 0 Å². The zero-order valence-corrected chi connectivity index (χ0v) is 24.3. The highest BCUT2D eigenvalue weighted by Gasteiger charge is 2.37. The van der Waals surface area contributed by atoms with Crippen LogP contribution in [0.15, 0.2) is 48.9 Å². The van der Waals surface area contributed by atoms with E-state index in [1.807, 2.05) is 36.1 Å². The number of rotatable bonds is 8. The van der Waals surface area contributed by atoms with Crippen LogP contribution in [0.4, 0.5) is 0 Å². The molecule has 0 aliphatic heterocycles. The average Bonchev–Trinajstić information content (AvgIpc) is 3.47.